The minimum absolute atomic E-state index is 0.0302. The van der Waals surface area contributed by atoms with E-state index < -0.39 is 0 Å². The van der Waals surface area contributed by atoms with Crippen LogP contribution in [0.3, 0.4) is 0 Å². The van der Waals surface area contributed by atoms with Crippen molar-refractivity contribution in [3.8, 4) is 5.75 Å². The summed E-state index contributed by atoms with van der Waals surface area (Å²) in [5.74, 6) is 0.813. The number of ether oxygens (including phenoxy) is 2. The molecule has 6 heteroatoms. The number of nitrogens with two attached hydrogens (primary N) is 1. The lowest BCUT2D eigenvalue weighted by molar-refractivity contribution is -0.119. The van der Waals surface area contributed by atoms with Crippen molar-refractivity contribution in [3.05, 3.63) is 23.8 Å². The van der Waals surface area contributed by atoms with E-state index in [2.05, 4.69) is 0 Å². The van der Waals surface area contributed by atoms with Gasteiger partial charge >= 0.3 is 0 Å². The van der Waals surface area contributed by atoms with Gasteiger partial charge in [0.25, 0.3) is 0 Å². The van der Waals surface area contributed by atoms with Gasteiger partial charge in [0.2, 0.25) is 0 Å². The molecule has 0 aromatic heterocycles. The zero-order chi connectivity index (χ0) is 16.9. The van der Waals surface area contributed by atoms with Gasteiger partial charge in [-0.3, -0.25) is 9.59 Å². The Morgan fingerprint density at radius 1 is 1.13 bits per heavy atom. The fourth-order valence-corrected chi connectivity index (χ4v) is 2.03. The standard InChI is InChI=1S/C17H25NO5/c18-17-12-16(7-6-14(17)13-20)23-10-3-5-15(21)4-1-2-9-22-11-8-19/h6-7,12-13,19H,1-5,8-11,18H2. The smallest absolute Gasteiger partial charge is 0.152 e. The van der Waals surface area contributed by atoms with Gasteiger partial charge in [0.1, 0.15) is 11.5 Å². The Kier molecular flexibility index (Phi) is 9.66. The number of benzene rings is 1. The molecule has 0 aliphatic carbocycles. The molecule has 0 aliphatic rings. The summed E-state index contributed by atoms with van der Waals surface area (Å²) in [6.07, 6.45) is 4.00. The molecule has 128 valence electrons. The first-order valence-electron chi connectivity index (χ1n) is 7.85. The fraction of sp³-hybridized carbons (Fsp3) is 0.529. The first-order valence-corrected chi connectivity index (χ1v) is 7.85. The van der Waals surface area contributed by atoms with Crippen LogP contribution in [0.25, 0.3) is 0 Å². The highest BCUT2D eigenvalue weighted by molar-refractivity contribution is 5.83. The molecule has 1 aromatic carbocycles. The Hall–Kier alpha value is -1.92. The van der Waals surface area contributed by atoms with Crippen LogP contribution in [-0.2, 0) is 9.53 Å². The largest absolute Gasteiger partial charge is 0.494 e. The molecular weight excluding hydrogens is 298 g/mol. The summed E-state index contributed by atoms with van der Waals surface area (Å²) >= 11 is 0. The molecule has 0 unspecified atom stereocenters. The molecule has 6 nitrogen and oxygen atoms in total. The Morgan fingerprint density at radius 3 is 2.61 bits per heavy atom. The zero-order valence-corrected chi connectivity index (χ0v) is 13.3. The number of nitrogen functional groups attached to an aromatic ring is 1. The molecule has 23 heavy (non-hydrogen) atoms. The van der Waals surface area contributed by atoms with E-state index in [1.54, 1.807) is 18.2 Å². The van der Waals surface area contributed by atoms with Crippen LogP contribution < -0.4 is 10.5 Å². The van der Waals surface area contributed by atoms with E-state index in [0.717, 1.165) is 12.8 Å². The average Bonchev–Trinajstić information content (AvgIpc) is 2.55. The number of aldehydes is 1. The van der Waals surface area contributed by atoms with Crippen molar-refractivity contribution in [1.29, 1.82) is 0 Å². The van der Waals surface area contributed by atoms with Gasteiger partial charge in [0, 0.05) is 36.8 Å². The number of ketones is 1. The van der Waals surface area contributed by atoms with Crippen LogP contribution >= 0.6 is 0 Å². The third-order valence-electron chi connectivity index (χ3n) is 3.28. The normalized spacial score (nSPS) is 10.5. The van der Waals surface area contributed by atoms with Gasteiger partial charge in [-0.1, -0.05) is 0 Å². The second-order valence-corrected chi connectivity index (χ2v) is 5.19. The van der Waals surface area contributed by atoms with Gasteiger partial charge in [-0.05, 0) is 31.4 Å². The molecule has 0 saturated carbocycles. The van der Waals surface area contributed by atoms with Crippen molar-refractivity contribution in [1.82, 2.24) is 0 Å². The summed E-state index contributed by atoms with van der Waals surface area (Å²) in [6.45, 7) is 1.40. The van der Waals surface area contributed by atoms with Crippen LogP contribution in [0.4, 0.5) is 5.69 Å². The maximum Gasteiger partial charge on any atom is 0.152 e. The zero-order valence-electron chi connectivity index (χ0n) is 13.3. The predicted octanol–water partition coefficient (Wildman–Crippen LogP) is 1.99. The van der Waals surface area contributed by atoms with Crippen molar-refractivity contribution in [2.75, 3.05) is 32.2 Å². The molecule has 0 aliphatic heterocycles. The third kappa shape index (κ3) is 8.32. The molecular formula is C17H25NO5. The Morgan fingerprint density at radius 2 is 1.91 bits per heavy atom. The molecule has 0 amide bonds. The summed E-state index contributed by atoms with van der Waals surface area (Å²) in [5.41, 5.74) is 6.52. The second kappa shape index (κ2) is 11.6. The molecule has 0 atom stereocenters. The summed E-state index contributed by atoms with van der Waals surface area (Å²) in [7, 11) is 0. The van der Waals surface area contributed by atoms with E-state index in [0.29, 0.717) is 62.4 Å². The Labute approximate surface area is 136 Å². The maximum atomic E-state index is 11.7. The van der Waals surface area contributed by atoms with E-state index in [4.69, 9.17) is 20.3 Å². The lowest BCUT2D eigenvalue weighted by atomic mass is 10.1. The van der Waals surface area contributed by atoms with E-state index in [-0.39, 0.29) is 12.4 Å². The van der Waals surface area contributed by atoms with Crippen molar-refractivity contribution in [3.63, 3.8) is 0 Å². The van der Waals surface area contributed by atoms with E-state index in [9.17, 15) is 9.59 Å². The minimum atomic E-state index is 0.0302. The number of aliphatic hydroxyl groups is 1. The van der Waals surface area contributed by atoms with Crippen LogP contribution in [-0.4, -0.2) is 43.6 Å². The van der Waals surface area contributed by atoms with Gasteiger partial charge in [-0.2, -0.15) is 0 Å². The highest BCUT2D eigenvalue weighted by atomic mass is 16.5. The predicted molar refractivity (Wildman–Crippen MR) is 87.7 cm³/mol. The molecule has 1 rings (SSSR count). The number of rotatable bonds is 13. The van der Waals surface area contributed by atoms with E-state index >= 15 is 0 Å². The number of aliphatic hydroxyl groups excluding tert-OH is 1. The van der Waals surface area contributed by atoms with E-state index in [1.807, 2.05) is 0 Å². The Balaban J connectivity index is 2.09. The van der Waals surface area contributed by atoms with Gasteiger partial charge in [0.15, 0.2) is 6.29 Å². The number of carbonyl (C=O) groups is 2. The summed E-state index contributed by atoms with van der Waals surface area (Å²) < 4.78 is 10.6. The molecule has 0 heterocycles. The summed E-state index contributed by atoms with van der Waals surface area (Å²) in [6, 6.07) is 4.91. The van der Waals surface area contributed by atoms with Crippen LogP contribution in [0, 0.1) is 0 Å². The lowest BCUT2D eigenvalue weighted by Crippen LogP contribution is -2.05. The number of hydrogen-bond donors (Lipinski definition) is 2. The van der Waals surface area contributed by atoms with Crippen molar-refractivity contribution < 1.29 is 24.2 Å². The van der Waals surface area contributed by atoms with Crippen LogP contribution in [0.1, 0.15) is 42.5 Å². The second-order valence-electron chi connectivity index (χ2n) is 5.19. The summed E-state index contributed by atoms with van der Waals surface area (Å²) in [4.78, 5) is 22.3. The number of unbranched alkanes of at least 4 members (excludes halogenated alkanes) is 1. The van der Waals surface area contributed by atoms with Gasteiger partial charge in [-0.25, -0.2) is 0 Å². The SMILES string of the molecule is Nc1cc(OCCCC(=O)CCCCOCCO)ccc1C=O. The van der Waals surface area contributed by atoms with Crippen LogP contribution in [0.15, 0.2) is 18.2 Å². The first kappa shape index (κ1) is 19.1. The van der Waals surface area contributed by atoms with Crippen molar-refractivity contribution in [2.24, 2.45) is 0 Å². The number of carbonyl (C=O) groups excluding carboxylic acids is 2. The molecule has 0 fully saturated rings. The fourth-order valence-electron chi connectivity index (χ4n) is 2.03. The Bertz CT molecular complexity index is 490. The topological polar surface area (TPSA) is 98.8 Å². The minimum Gasteiger partial charge on any atom is -0.494 e. The monoisotopic (exact) mass is 323 g/mol. The third-order valence-corrected chi connectivity index (χ3v) is 3.28. The highest BCUT2D eigenvalue weighted by Gasteiger charge is 2.04. The van der Waals surface area contributed by atoms with Crippen LogP contribution in [0.2, 0.25) is 0 Å². The lowest BCUT2D eigenvalue weighted by Gasteiger charge is -2.07. The highest BCUT2D eigenvalue weighted by Crippen LogP contribution is 2.18. The van der Waals surface area contributed by atoms with Crippen LogP contribution in [0.5, 0.6) is 5.75 Å². The number of hydrogen-bond acceptors (Lipinski definition) is 6. The quantitative estimate of drug-likeness (QED) is 0.327. The summed E-state index contributed by atoms with van der Waals surface area (Å²) in [5, 5.41) is 8.54. The molecule has 1 aromatic rings. The maximum absolute atomic E-state index is 11.7. The van der Waals surface area contributed by atoms with E-state index in [1.165, 1.54) is 0 Å². The van der Waals surface area contributed by atoms with Gasteiger partial charge < -0.3 is 20.3 Å². The average molecular weight is 323 g/mol. The first-order chi connectivity index (χ1) is 11.2. The molecule has 0 radical (unpaired) electrons. The number of Topliss-reactive ketones (excluding diaryl/α,β-unsaturated/α-hetero) is 1. The molecule has 3 N–H and O–H groups in total. The molecule has 0 spiro atoms. The van der Waals surface area contributed by atoms with Crippen molar-refractivity contribution in [2.45, 2.75) is 32.1 Å². The molecule has 0 bridgehead atoms. The molecule has 0 saturated heterocycles. The van der Waals surface area contributed by atoms with Gasteiger partial charge in [0.05, 0.1) is 19.8 Å². The van der Waals surface area contributed by atoms with Gasteiger partial charge in [-0.15, -0.1) is 0 Å². The number of anilines is 1. The van der Waals surface area contributed by atoms with Crippen molar-refractivity contribution >= 4 is 17.8 Å².